The average Bonchev–Trinajstić information content (AvgIpc) is 1.90. The Hall–Kier alpha value is 0.270. The normalized spacial score (nSPS) is 36.7. The van der Waals surface area contributed by atoms with Gasteiger partial charge >= 0.3 is 0 Å². The summed E-state index contributed by atoms with van der Waals surface area (Å²) >= 11 is 1.70. The van der Waals surface area contributed by atoms with Gasteiger partial charge in [0.25, 0.3) is 0 Å². The molecule has 3 heteroatoms. The van der Waals surface area contributed by atoms with Gasteiger partial charge in [0.15, 0.2) is 0 Å². The van der Waals surface area contributed by atoms with Crippen LogP contribution >= 0.6 is 11.8 Å². The number of hydrogen-bond donors (Lipinski definition) is 1. The molecule has 1 rings (SSSR count). The fourth-order valence-electron chi connectivity index (χ4n) is 0.745. The van der Waals surface area contributed by atoms with Crippen LogP contribution in [-0.4, -0.2) is 29.5 Å². The van der Waals surface area contributed by atoms with Crippen LogP contribution in [0, 0.1) is 5.92 Å². The second-order valence-electron chi connectivity index (χ2n) is 2.38. The van der Waals surface area contributed by atoms with Crippen molar-refractivity contribution in [2.24, 2.45) is 5.92 Å². The van der Waals surface area contributed by atoms with E-state index in [0.29, 0.717) is 5.92 Å². The van der Waals surface area contributed by atoms with E-state index in [-0.39, 0.29) is 12.0 Å². The molecule has 0 radical (unpaired) electrons. The van der Waals surface area contributed by atoms with Crippen LogP contribution in [0.3, 0.4) is 0 Å². The van der Waals surface area contributed by atoms with Crippen LogP contribution in [0.2, 0.25) is 0 Å². The van der Waals surface area contributed by atoms with E-state index in [9.17, 15) is 0 Å². The monoisotopic (exact) mass is 148 g/mol. The Morgan fingerprint density at radius 3 is 3.00 bits per heavy atom. The molecule has 0 aliphatic carbocycles. The average molecular weight is 148 g/mol. The van der Waals surface area contributed by atoms with Crippen molar-refractivity contribution in [1.29, 1.82) is 0 Å². The molecule has 2 atom stereocenters. The maximum Gasteiger partial charge on any atom is 0.126 e. The van der Waals surface area contributed by atoms with Gasteiger partial charge in [-0.05, 0) is 5.92 Å². The zero-order valence-corrected chi connectivity index (χ0v) is 6.36. The molecule has 1 aliphatic rings. The minimum absolute atomic E-state index is 0.0428. The molecule has 2 nitrogen and oxygen atoms in total. The Balaban J connectivity index is 2.18. The molecular weight excluding hydrogens is 136 g/mol. The molecule has 9 heavy (non-hydrogen) atoms. The minimum Gasteiger partial charge on any atom is -0.393 e. The third-order valence-corrected chi connectivity index (χ3v) is 2.70. The Labute approximate surface area is 59.6 Å². The van der Waals surface area contributed by atoms with Crippen molar-refractivity contribution in [3.8, 4) is 0 Å². The molecule has 0 saturated carbocycles. The number of hydrogen-bond acceptors (Lipinski definition) is 3. The molecule has 0 aromatic carbocycles. The van der Waals surface area contributed by atoms with E-state index in [2.05, 4.69) is 6.92 Å². The van der Waals surface area contributed by atoms with Crippen LogP contribution in [0.5, 0.6) is 0 Å². The van der Waals surface area contributed by atoms with Crippen LogP contribution in [0.15, 0.2) is 0 Å². The molecule has 1 heterocycles. The molecule has 0 aromatic heterocycles. The maximum atomic E-state index is 8.63. The predicted molar refractivity (Wildman–Crippen MR) is 38.4 cm³/mol. The summed E-state index contributed by atoms with van der Waals surface area (Å²) in [6.07, 6.45) is 0. The van der Waals surface area contributed by atoms with E-state index in [1.807, 2.05) is 0 Å². The topological polar surface area (TPSA) is 29.5 Å². The maximum absolute atomic E-state index is 8.63. The molecule has 2 unspecified atom stereocenters. The highest BCUT2D eigenvalue weighted by Crippen LogP contribution is 2.22. The van der Waals surface area contributed by atoms with Gasteiger partial charge in [-0.1, -0.05) is 6.92 Å². The highest BCUT2D eigenvalue weighted by molar-refractivity contribution is 7.99. The van der Waals surface area contributed by atoms with Gasteiger partial charge in [-0.25, -0.2) is 0 Å². The van der Waals surface area contributed by atoms with Crippen molar-refractivity contribution in [3.05, 3.63) is 0 Å². The van der Waals surface area contributed by atoms with Crippen molar-refractivity contribution >= 4 is 11.8 Å². The van der Waals surface area contributed by atoms with Gasteiger partial charge in [-0.2, -0.15) is 0 Å². The molecule has 1 aliphatic heterocycles. The summed E-state index contributed by atoms with van der Waals surface area (Å²) in [4.78, 5) is 0. The minimum atomic E-state index is 0.0428. The number of thioether (sulfide) groups is 1. The highest BCUT2D eigenvalue weighted by atomic mass is 32.2. The Kier molecular flexibility index (Phi) is 2.82. The second kappa shape index (κ2) is 3.44. The summed E-state index contributed by atoms with van der Waals surface area (Å²) in [5.74, 6) is 1.77. The Bertz CT molecular complexity index is 79.1. The van der Waals surface area contributed by atoms with Crippen LogP contribution < -0.4 is 0 Å². The SMILES string of the molecule is CC1COC(CO)SC1. The quantitative estimate of drug-likeness (QED) is 0.593. The zero-order valence-electron chi connectivity index (χ0n) is 5.54. The van der Waals surface area contributed by atoms with E-state index in [4.69, 9.17) is 9.84 Å². The van der Waals surface area contributed by atoms with E-state index < -0.39 is 0 Å². The molecule has 1 N–H and O–H groups in total. The summed E-state index contributed by atoms with van der Waals surface area (Å²) in [6, 6.07) is 0. The standard InChI is InChI=1S/C6H12O2S/c1-5-3-8-6(2-7)9-4-5/h5-7H,2-4H2,1H3. The first-order valence-corrected chi connectivity index (χ1v) is 4.22. The largest absolute Gasteiger partial charge is 0.393 e. The lowest BCUT2D eigenvalue weighted by molar-refractivity contribution is 0.0454. The summed E-state index contributed by atoms with van der Waals surface area (Å²) < 4.78 is 5.25. The number of rotatable bonds is 1. The van der Waals surface area contributed by atoms with Gasteiger partial charge < -0.3 is 9.84 Å². The number of ether oxygens (including phenoxy) is 1. The van der Waals surface area contributed by atoms with Crippen LogP contribution in [0.25, 0.3) is 0 Å². The fraction of sp³-hybridized carbons (Fsp3) is 1.00. The zero-order chi connectivity index (χ0) is 6.69. The van der Waals surface area contributed by atoms with Crippen molar-refractivity contribution in [1.82, 2.24) is 0 Å². The molecule has 1 fully saturated rings. The van der Waals surface area contributed by atoms with Crippen molar-refractivity contribution in [2.45, 2.75) is 12.4 Å². The van der Waals surface area contributed by atoms with Crippen molar-refractivity contribution in [3.63, 3.8) is 0 Å². The lowest BCUT2D eigenvalue weighted by Crippen LogP contribution is -2.25. The van der Waals surface area contributed by atoms with Gasteiger partial charge in [-0.3, -0.25) is 0 Å². The van der Waals surface area contributed by atoms with E-state index in [0.717, 1.165) is 12.4 Å². The summed E-state index contributed by atoms with van der Waals surface area (Å²) in [7, 11) is 0. The highest BCUT2D eigenvalue weighted by Gasteiger charge is 2.17. The lowest BCUT2D eigenvalue weighted by Gasteiger charge is -2.24. The van der Waals surface area contributed by atoms with Crippen LogP contribution in [-0.2, 0) is 4.74 Å². The first-order valence-electron chi connectivity index (χ1n) is 3.17. The van der Waals surface area contributed by atoms with Gasteiger partial charge in [-0.15, -0.1) is 11.8 Å². The molecule has 0 bridgehead atoms. The van der Waals surface area contributed by atoms with Crippen molar-refractivity contribution < 1.29 is 9.84 Å². The van der Waals surface area contributed by atoms with Gasteiger partial charge in [0.2, 0.25) is 0 Å². The van der Waals surface area contributed by atoms with Gasteiger partial charge in [0, 0.05) is 5.75 Å². The summed E-state index contributed by atoms with van der Waals surface area (Å²) in [6.45, 7) is 3.11. The van der Waals surface area contributed by atoms with E-state index >= 15 is 0 Å². The van der Waals surface area contributed by atoms with E-state index in [1.54, 1.807) is 11.8 Å². The van der Waals surface area contributed by atoms with E-state index in [1.165, 1.54) is 0 Å². The Morgan fingerprint density at radius 1 is 1.78 bits per heavy atom. The van der Waals surface area contributed by atoms with Gasteiger partial charge in [0.1, 0.15) is 5.44 Å². The molecule has 54 valence electrons. The molecule has 0 spiro atoms. The third-order valence-electron chi connectivity index (χ3n) is 1.28. The first kappa shape index (κ1) is 7.38. The molecule has 1 saturated heterocycles. The van der Waals surface area contributed by atoms with Crippen molar-refractivity contribution in [2.75, 3.05) is 19.0 Å². The molecule has 0 aromatic rings. The Morgan fingerprint density at radius 2 is 2.56 bits per heavy atom. The number of aliphatic hydroxyl groups is 1. The lowest BCUT2D eigenvalue weighted by atomic mass is 10.2. The molecule has 0 amide bonds. The third kappa shape index (κ3) is 2.16. The number of aliphatic hydroxyl groups excluding tert-OH is 1. The smallest absolute Gasteiger partial charge is 0.126 e. The van der Waals surface area contributed by atoms with Gasteiger partial charge in [0.05, 0.1) is 13.2 Å². The predicted octanol–water partition coefficient (Wildman–Crippen LogP) is 0.704. The fourth-order valence-corrected chi connectivity index (χ4v) is 1.66. The second-order valence-corrected chi connectivity index (χ2v) is 3.58. The first-order chi connectivity index (χ1) is 4.33. The summed E-state index contributed by atoms with van der Waals surface area (Å²) in [5, 5.41) is 8.63. The summed E-state index contributed by atoms with van der Waals surface area (Å²) in [5.41, 5.74) is 0.0428. The molecular formula is C6H12O2S. The van der Waals surface area contributed by atoms with Crippen LogP contribution in [0.4, 0.5) is 0 Å². The van der Waals surface area contributed by atoms with Crippen LogP contribution in [0.1, 0.15) is 6.92 Å².